The van der Waals surface area contributed by atoms with Gasteiger partial charge in [-0.3, -0.25) is 4.99 Å². The van der Waals surface area contributed by atoms with E-state index in [9.17, 15) is 15.3 Å². The average molecular weight is 432 g/mol. The van der Waals surface area contributed by atoms with Gasteiger partial charge in [0.15, 0.2) is 0 Å². The number of benzene rings is 3. The van der Waals surface area contributed by atoms with Crippen LogP contribution in [0.2, 0.25) is 0 Å². The third-order valence-electron chi connectivity index (χ3n) is 5.64. The summed E-state index contributed by atoms with van der Waals surface area (Å²) in [6, 6.07) is 17.3. The largest absolute Gasteiger partial charge is 0.508 e. The summed E-state index contributed by atoms with van der Waals surface area (Å²) in [5.74, 6) is 0.393. The number of hydrogen-bond acceptors (Lipinski definition) is 4. The molecule has 0 unspecified atom stereocenters. The number of nitrogens with zero attached hydrogens (tertiary/aromatic N) is 1. The van der Waals surface area contributed by atoms with Crippen molar-refractivity contribution in [2.24, 2.45) is 4.99 Å². The van der Waals surface area contributed by atoms with Crippen LogP contribution in [0.4, 0.5) is 0 Å². The fourth-order valence-corrected chi connectivity index (χ4v) is 3.68. The molecule has 0 heterocycles. The van der Waals surface area contributed by atoms with Gasteiger partial charge in [-0.2, -0.15) is 0 Å². The SMILES string of the molecule is CC(C)(C)c1cc(/C=N/C(c2ccccc2O)c2ccccc2O)c(O)c(C(C)(C)C)c1. The monoisotopic (exact) mass is 431 g/mol. The summed E-state index contributed by atoms with van der Waals surface area (Å²) < 4.78 is 0. The highest BCUT2D eigenvalue weighted by molar-refractivity contribution is 5.85. The molecule has 3 N–H and O–H groups in total. The second-order valence-corrected chi connectivity index (χ2v) is 10.3. The van der Waals surface area contributed by atoms with Gasteiger partial charge >= 0.3 is 0 Å². The van der Waals surface area contributed by atoms with Gasteiger partial charge in [0.1, 0.15) is 23.3 Å². The van der Waals surface area contributed by atoms with Gasteiger partial charge in [0, 0.05) is 28.5 Å². The van der Waals surface area contributed by atoms with Crippen LogP contribution in [0.3, 0.4) is 0 Å². The number of hydrogen-bond donors (Lipinski definition) is 3. The lowest BCUT2D eigenvalue weighted by Gasteiger charge is -2.27. The van der Waals surface area contributed by atoms with Gasteiger partial charge in [-0.25, -0.2) is 0 Å². The molecule has 3 aromatic carbocycles. The zero-order valence-corrected chi connectivity index (χ0v) is 19.7. The van der Waals surface area contributed by atoms with Crippen molar-refractivity contribution in [3.05, 3.63) is 88.5 Å². The lowest BCUT2D eigenvalue weighted by molar-refractivity contribution is 0.444. The molecule has 0 aliphatic rings. The van der Waals surface area contributed by atoms with Crippen LogP contribution in [-0.4, -0.2) is 21.5 Å². The first-order valence-electron chi connectivity index (χ1n) is 10.9. The van der Waals surface area contributed by atoms with Gasteiger partial charge in [-0.15, -0.1) is 0 Å². The van der Waals surface area contributed by atoms with E-state index in [0.29, 0.717) is 16.7 Å². The van der Waals surface area contributed by atoms with Crippen LogP contribution in [0.5, 0.6) is 17.2 Å². The van der Waals surface area contributed by atoms with Crippen molar-refractivity contribution >= 4 is 6.21 Å². The fraction of sp³-hybridized carbons (Fsp3) is 0.321. The van der Waals surface area contributed by atoms with Gasteiger partial charge < -0.3 is 15.3 Å². The molecule has 0 aliphatic carbocycles. The second-order valence-electron chi connectivity index (χ2n) is 10.3. The third kappa shape index (κ3) is 4.96. The zero-order chi connectivity index (χ0) is 23.7. The summed E-state index contributed by atoms with van der Waals surface area (Å²) in [5, 5.41) is 32.1. The molecule has 4 heteroatoms. The Morgan fingerprint density at radius 2 is 1.22 bits per heavy atom. The van der Waals surface area contributed by atoms with Crippen molar-refractivity contribution in [1.29, 1.82) is 0 Å². The van der Waals surface area contributed by atoms with Gasteiger partial charge in [-0.1, -0.05) is 84.0 Å². The molecule has 0 radical (unpaired) electrons. The molecule has 168 valence electrons. The zero-order valence-electron chi connectivity index (χ0n) is 19.7. The summed E-state index contributed by atoms with van der Waals surface area (Å²) in [6.07, 6.45) is 1.64. The van der Waals surface area contributed by atoms with Crippen LogP contribution in [0, 0.1) is 0 Å². The first kappa shape index (κ1) is 23.4. The predicted molar refractivity (Wildman–Crippen MR) is 131 cm³/mol. The van der Waals surface area contributed by atoms with Gasteiger partial charge in [0.25, 0.3) is 0 Å². The molecule has 0 bridgehead atoms. The molecule has 0 aromatic heterocycles. The molecule has 0 spiro atoms. The van der Waals surface area contributed by atoms with Crippen molar-refractivity contribution in [1.82, 2.24) is 0 Å². The Balaban J connectivity index is 2.19. The lowest BCUT2D eigenvalue weighted by Crippen LogP contribution is -2.17. The molecule has 0 amide bonds. The standard InChI is InChI=1S/C28H33NO3/c1-27(2,3)19-15-18(26(32)22(16-19)28(4,5)6)17-29-25(20-11-7-9-13-23(20)30)21-12-8-10-14-24(21)31/h7-17,25,30-32H,1-6H3/b29-17+. The Morgan fingerprint density at radius 1 is 0.719 bits per heavy atom. The van der Waals surface area contributed by atoms with Gasteiger partial charge in [-0.05, 0) is 34.6 Å². The van der Waals surface area contributed by atoms with Gasteiger partial charge in [0.05, 0.1) is 0 Å². The highest BCUT2D eigenvalue weighted by atomic mass is 16.3. The predicted octanol–water partition coefficient (Wildman–Crippen LogP) is 6.61. The Labute approximate surface area is 190 Å². The Bertz CT molecular complexity index is 1090. The highest BCUT2D eigenvalue weighted by Gasteiger charge is 2.25. The van der Waals surface area contributed by atoms with Gasteiger partial charge in [0.2, 0.25) is 0 Å². The van der Waals surface area contributed by atoms with E-state index >= 15 is 0 Å². The quantitative estimate of drug-likeness (QED) is 0.407. The molecule has 0 saturated heterocycles. The number of phenols is 3. The Kier molecular flexibility index (Phi) is 6.36. The molecule has 0 fully saturated rings. The van der Waals surface area contributed by atoms with E-state index in [1.807, 2.05) is 18.2 Å². The molecule has 4 nitrogen and oxygen atoms in total. The minimum Gasteiger partial charge on any atom is -0.508 e. The fourth-order valence-electron chi connectivity index (χ4n) is 3.68. The molecule has 3 aromatic rings. The van der Waals surface area contributed by atoms with E-state index in [1.165, 1.54) is 0 Å². The summed E-state index contributed by atoms with van der Waals surface area (Å²) in [7, 11) is 0. The molecule has 0 atom stereocenters. The van der Waals surface area contributed by atoms with Crippen LogP contribution in [0.25, 0.3) is 0 Å². The maximum absolute atomic E-state index is 11.1. The number of rotatable bonds is 4. The summed E-state index contributed by atoms with van der Waals surface area (Å²) in [6.45, 7) is 12.6. The number of phenolic OH excluding ortho intramolecular Hbond substituents is 3. The summed E-state index contributed by atoms with van der Waals surface area (Å²) in [4.78, 5) is 4.76. The smallest absolute Gasteiger partial charge is 0.128 e. The maximum Gasteiger partial charge on any atom is 0.128 e. The third-order valence-corrected chi connectivity index (χ3v) is 5.64. The molecular formula is C28H33NO3. The molecule has 0 aliphatic heterocycles. The first-order chi connectivity index (χ1) is 14.9. The minimum absolute atomic E-state index is 0.0981. The molecule has 3 rings (SSSR count). The molecular weight excluding hydrogens is 398 g/mol. The number of para-hydroxylation sites is 2. The van der Waals surface area contributed by atoms with Crippen LogP contribution >= 0.6 is 0 Å². The molecule has 0 saturated carbocycles. The molecule has 32 heavy (non-hydrogen) atoms. The van der Waals surface area contributed by atoms with E-state index < -0.39 is 6.04 Å². The number of aromatic hydroxyl groups is 3. The van der Waals surface area contributed by atoms with Crippen molar-refractivity contribution in [3.8, 4) is 17.2 Å². The van der Waals surface area contributed by atoms with Crippen LogP contribution in [0.15, 0.2) is 65.7 Å². The Morgan fingerprint density at radius 3 is 1.66 bits per heavy atom. The Hall–Kier alpha value is -3.27. The van der Waals surface area contributed by atoms with E-state index in [1.54, 1.807) is 42.6 Å². The minimum atomic E-state index is -0.631. The highest BCUT2D eigenvalue weighted by Crippen LogP contribution is 2.39. The van der Waals surface area contributed by atoms with Crippen molar-refractivity contribution < 1.29 is 15.3 Å². The average Bonchev–Trinajstić information content (AvgIpc) is 2.69. The van der Waals surface area contributed by atoms with Crippen molar-refractivity contribution in [2.45, 2.75) is 58.4 Å². The lowest BCUT2D eigenvalue weighted by atomic mass is 9.79. The normalized spacial score (nSPS) is 12.6. The summed E-state index contributed by atoms with van der Waals surface area (Å²) in [5.41, 5.74) is 3.36. The summed E-state index contributed by atoms with van der Waals surface area (Å²) >= 11 is 0. The second kappa shape index (κ2) is 8.70. The van der Waals surface area contributed by atoms with E-state index in [2.05, 4.69) is 47.6 Å². The number of aliphatic imine (C=N–C) groups is 1. The van der Waals surface area contributed by atoms with E-state index in [0.717, 1.165) is 11.1 Å². The van der Waals surface area contributed by atoms with Crippen LogP contribution in [0.1, 0.15) is 75.4 Å². The van der Waals surface area contributed by atoms with Crippen molar-refractivity contribution in [3.63, 3.8) is 0 Å². The van der Waals surface area contributed by atoms with Crippen molar-refractivity contribution in [2.75, 3.05) is 0 Å². The van der Waals surface area contributed by atoms with E-state index in [-0.39, 0.29) is 28.1 Å². The van der Waals surface area contributed by atoms with Crippen LogP contribution < -0.4 is 0 Å². The topological polar surface area (TPSA) is 73.1 Å². The van der Waals surface area contributed by atoms with Crippen LogP contribution in [-0.2, 0) is 10.8 Å². The first-order valence-corrected chi connectivity index (χ1v) is 10.9. The van der Waals surface area contributed by atoms with E-state index in [4.69, 9.17) is 4.99 Å². The maximum atomic E-state index is 11.1.